The van der Waals surface area contributed by atoms with Crippen molar-refractivity contribution in [3.63, 3.8) is 0 Å². The van der Waals surface area contributed by atoms with Crippen molar-refractivity contribution in [3.8, 4) is 0 Å². The summed E-state index contributed by atoms with van der Waals surface area (Å²) in [5.41, 5.74) is 19.2. The van der Waals surface area contributed by atoms with Gasteiger partial charge in [-0.1, -0.05) is 30.3 Å². The van der Waals surface area contributed by atoms with Gasteiger partial charge >= 0.3 is 0 Å². The average molecular weight is 538 g/mol. The van der Waals surface area contributed by atoms with Crippen LogP contribution >= 0.6 is 0 Å². The molecule has 0 fully saturated rings. The van der Waals surface area contributed by atoms with E-state index in [1.807, 2.05) is 6.07 Å². The van der Waals surface area contributed by atoms with Crippen molar-refractivity contribution in [1.82, 2.24) is 10.6 Å². The minimum Gasteiger partial charge on any atom is -0.370 e. The fourth-order valence-electron chi connectivity index (χ4n) is 4.97. The molecule has 40 heavy (non-hydrogen) atoms. The van der Waals surface area contributed by atoms with Gasteiger partial charge in [0.05, 0.1) is 18.8 Å². The number of guanidine groups is 3. The number of aliphatic imine (C=N–C) groups is 3. The first-order valence-corrected chi connectivity index (χ1v) is 14.1. The van der Waals surface area contributed by atoms with E-state index in [0.717, 1.165) is 74.4 Å². The van der Waals surface area contributed by atoms with Crippen molar-refractivity contribution in [2.75, 3.05) is 36.8 Å². The third-order valence-electron chi connectivity index (χ3n) is 7.07. The van der Waals surface area contributed by atoms with E-state index >= 15 is 0 Å². The van der Waals surface area contributed by atoms with E-state index in [2.05, 4.69) is 96.9 Å². The number of benzene rings is 3. The van der Waals surface area contributed by atoms with Crippen molar-refractivity contribution in [1.29, 1.82) is 0 Å². The largest absolute Gasteiger partial charge is 0.370 e. The summed E-state index contributed by atoms with van der Waals surface area (Å²) in [5, 5.41) is 13.0. The second kappa shape index (κ2) is 13.5. The smallest absolute Gasteiger partial charge is 0.195 e. The number of nitrogens with two attached hydrogens (primary N) is 2. The van der Waals surface area contributed by atoms with Crippen LogP contribution in [-0.4, -0.2) is 44.1 Å². The summed E-state index contributed by atoms with van der Waals surface area (Å²) in [5.74, 6) is 1.86. The monoisotopic (exact) mass is 537 g/mol. The molecule has 9 heteroatoms. The molecule has 0 radical (unpaired) electrons. The molecular formula is C31H39N9. The van der Waals surface area contributed by atoms with Crippen LogP contribution in [0, 0.1) is 0 Å². The Morgan fingerprint density at radius 1 is 0.700 bits per heavy atom. The lowest BCUT2D eigenvalue weighted by Gasteiger charge is -2.15. The fourth-order valence-corrected chi connectivity index (χ4v) is 4.97. The maximum absolute atomic E-state index is 5.33. The average Bonchev–Trinajstić information content (AvgIpc) is 3.68. The van der Waals surface area contributed by atoms with Gasteiger partial charge in [-0.2, -0.15) is 0 Å². The van der Waals surface area contributed by atoms with Gasteiger partial charge in [-0.05, 0) is 97.2 Å². The van der Waals surface area contributed by atoms with Crippen LogP contribution in [-0.2, 0) is 25.7 Å². The first-order valence-electron chi connectivity index (χ1n) is 14.1. The van der Waals surface area contributed by atoms with E-state index in [1.165, 1.54) is 41.5 Å². The standard InChI is InChI=1S/C20H24N6.C11H15N3/c1(15-3-7-17(8-4-15)25-19-21-11-12-22-19)2-16-5-9-18(10-6-16)26-20-23-13-14-24-20;12-11(13)14-10-6-5-8-3-1-2-4-9(8)7-10/h3-10H,1-2,11-14H2,(H2,21,22,25)(H2,23,24,26);5-7H,1-4H2,(H4,12,13,14). The number of aryl methyl sites for hydroxylation is 4. The van der Waals surface area contributed by atoms with E-state index in [0.29, 0.717) is 0 Å². The summed E-state index contributed by atoms with van der Waals surface area (Å²) in [4.78, 5) is 12.7. The summed E-state index contributed by atoms with van der Waals surface area (Å²) in [6.07, 6.45) is 6.98. The van der Waals surface area contributed by atoms with Crippen LogP contribution in [0.5, 0.6) is 0 Å². The molecule has 208 valence electrons. The first-order chi connectivity index (χ1) is 19.6. The summed E-state index contributed by atoms with van der Waals surface area (Å²) in [7, 11) is 0. The third-order valence-corrected chi connectivity index (χ3v) is 7.07. The molecule has 1 aliphatic carbocycles. The first kappa shape index (κ1) is 27.1. The zero-order valence-corrected chi connectivity index (χ0v) is 22.9. The number of nitrogens with one attached hydrogen (secondary N) is 4. The van der Waals surface area contributed by atoms with Crippen molar-refractivity contribution in [2.45, 2.75) is 38.5 Å². The van der Waals surface area contributed by atoms with Crippen molar-refractivity contribution in [3.05, 3.63) is 89.0 Å². The summed E-state index contributed by atoms with van der Waals surface area (Å²) >= 11 is 0. The zero-order valence-electron chi connectivity index (χ0n) is 22.9. The molecule has 0 amide bonds. The molecule has 0 saturated carbocycles. The van der Waals surface area contributed by atoms with Crippen LogP contribution in [0.15, 0.2) is 81.7 Å². The number of anilines is 2. The predicted octanol–water partition coefficient (Wildman–Crippen LogP) is 3.68. The number of fused-ring (bicyclic) bond motifs is 1. The van der Waals surface area contributed by atoms with Gasteiger partial charge in [0.15, 0.2) is 17.9 Å². The van der Waals surface area contributed by atoms with Crippen molar-refractivity contribution in [2.24, 2.45) is 26.4 Å². The molecule has 6 rings (SSSR count). The Labute approximate surface area is 236 Å². The van der Waals surface area contributed by atoms with Gasteiger partial charge in [-0.3, -0.25) is 9.98 Å². The van der Waals surface area contributed by atoms with Gasteiger partial charge in [0, 0.05) is 24.5 Å². The Hall–Kier alpha value is -4.53. The second-order valence-corrected chi connectivity index (χ2v) is 10.2. The lowest BCUT2D eigenvalue weighted by Crippen LogP contribution is -2.26. The van der Waals surface area contributed by atoms with Gasteiger partial charge in [0.25, 0.3) is 0 Å². The third kappa shape index (κ3) is 7.99. The lowest BCUT2D eigenvalue weighted by atomic mass is 9.91. The Kier molecular flexibility index (Phi) is 9.13. The molecule has 0 unspecified atom stereocenters. The molecule has 8 N–H and O–H groups in total. The zero-order chi connectivity index (χ0) is 27.6. The van der Waals surface area contributed by atoms with Crippen molar-refractivity contribution < 1.29 is 0 Å². The van der Waals surface area contributed by atoms with E-state index in [4.69, 9.17) is 11.5 Å². The molecule has 3 aromatic rings. The molecule has 0 spiro atoms. The highest BCUT2D eigenvalue weighted by Gasteiger charge is 2.09. The molecule has 0 atom stereocenters. The van der Waals surface area contributed by atoms with Crippen LogP contribution in [0.25, 0.3) is 0 Å². The molecule has 3 aromatic carbocycles. The lowest BCUT2D eigenvalue weighted by molar-refractivity contribution is 0.686. The Bertz CT molecular complexity index is 1290. The molecule has 3 aliphatic rings. The van der Waals surface area contributed by atoms with Gasteiger partial charge in [-0.25, -0.2) is 4.99 Å². The molecule has 0 saturated heterocycles. The fraction of sp³-hybridized carbons (Fsp3) is 0.323. The van der Waals surface area contributed by atoms with Crippen LogP contribution in [0.1, 0.15) is 35.1 Å². The van der Waals surface area contributed by atoms with E-state index in [1.54, 1.807) is 0 Å². The second-order valence-electron chi connectivity index (χ2n) is 10.2. The van der Waals surface area contributed by atoms with Crippen LogP contribution in [0.2, 0.25) is 0 Å². The van der Waals surface area contributed by atoms with Crippen LogP contribution in [0.3, 0.4) is 0 Å². The summed E-state index contributed by atoms with van der Waals surface area (Å²) in [6.45, 7) is 3.53. The molecule has 9 nitrogen and oxygen atoms in total. The molecule has 2 aliphatic heterocycles. The predicted molar refractivity (Wildman–Crippen MR) is 167 cm³/mol. The van der Waals surface area contributed by atoms with E-state index in [-0.39, 0.29) is 5.96 Å². The molecule has 2 heterocycles. The SMILES string of the molecule is NC(N)=Nc1ccc2c(c1)CCCC2.c1cc(NC2=NCCN2)ccc1CCc1ccc(NC2=NCCN2)cc1. The van der Waals surface area contributed by atoms with Crippen LogP contribution < -0.4 is 32.7 Å². The molecule has 0 bridgehead atoms. The van der Waals surface area contributed by atoms with Gasteiger partial charge in [0.2, 0.25) is 0 Å². The minimum absolute atomic E-state index is 0.126. The maximum atomic E-state index is 5.33. The summed E-state index contributed by atoms with van der Waals surface area (Å²) in [6, 6.07) is 23.4. The van der Waals surface area contributed by atoms with Gasteiger partial charge < -0.3 is 32.7 Å². The number of hydrogen-bond acceptors (Lipinski definition) is 7. The topological polar surface area (TPSA) is 137 Å². The van der Waals surface area contributed by atoms with E-state index in [9.17, 15) is 0 Å². The Balaban J connectivity index is 0.000000194. The number of nitrogens with zero attached hydrogens (tertiary/aromatic N) is 3. The van der Waals surface area contributed by atoms with E-state index < -0.39 is 0 Å². The molecular weight excluding hydrogens is 498 g/mol. The van der Waals surface area contributed by atoms with Gasteiger partial charge in [0.1, 0.15) is 0 Å². The maximum Gasteiger partial charge on any atom is 0.195 e. The summed E-state index contributed by atoms with van der Waals surface area (Å²) < 4.78 is 0. The Morgan fingerprint density at radius 3 is 1.70 bits per heavy atom. The number of hydrogen-bond donors (Lipinski definition) is 6. The Morgan fingerprint density at radius 2 is 1.23 bits per heavy atom. The number of rotatable bonds is 6. The minimum atomic E-state index is 0.126. The normalized spacial score (nSPS) is 15.3. The quantitative estimate of drug-likeness (QED) is 0.210. The molecule has 0 aromatic heterocycles. The van der Waals surface area contributed by atoms with Gasteiger partial charge in [-0.15, -0.1) is 0 Å². The van der Waals surface area contributed by atoms with Crippen molar-refractivity contribution >= 4 is 34.9 Å². The highest BCUT2D eigenvalue weighted by atomic mass is 15.2. The highest BCUT2D eigenvalue weighted by Crippen LogP contribution is 2.25. The highest BCUT2D eigenvalue weighted by molar-refractivity contribution is 5.95. The van der Waals surface area contributed by atoms with Crippen LogP contribution in [0.4, 0.5) is 17.1 Å².